The van der Waals surface area contributed by atoms with E-state index in [0.29, 0.717) is 0 Å². The molecule has 0 fully saturated rings. The van der Waals surface area contributed by atoms with Gasteiger partial charge in [0, 0.05) is 6.42 Å². The van der Waals surface area contributed by atoms with Gasteiger partial charge in [-0.05, 0) is 6.92 Å². The fourth-order valence-electron chi connectivity index (χ4n) is 0.142. The van der Waals surface area contributed by atoms with Crippen molar-refractivity contribution in [3.8, 4) is 0 Å². The largest absolute Gasteiger partial charge is 0.453 e. The smallest absolute Gasteiger partial charge is 0.196 e. The Morgan fingerprint density at radius 3 is 1.33 bits per heavy atom. The van der Waals surface area contributed by atoms with Crippen LogP contribution in [0.3, 0.4) is 0 Å². The SMILES string of the molecule is [CH2]CC(F)(F)C(F)(F)F. The summed E-state index contributed by atoms with van der Waals surface area (Å²) >= 11 is 0. The number of alkyl halides is 5. The maximum absolute atomic E-state index is 11.5. The van der Waals surface area contributed by atoms with Gasteiger partial charge in [-0.15, -0.1) is 0 Å². The van der Waals surface area contributed by atoms with E-state index in [1.54, 1.807) is 0 Å². The van der Waals surface area contributed by atoms with Gasteiger partial charge in [-0.1, -0.05) is 0 Å². The highest BCUT2D eigenvalue weighted by atomic mass is 19.4. The van der Waals surface area contributed by atoms with E-state index in [0.717, 1.165) is 0 Å². The Morgan fingerprint density at radius 1 is 1.00 bits per heavy atom. The Hall–Kier alpha value is -0.350. The summed E-state index contributed by atoms with van der Waals surface area (Å²) in [5.74, 6) is -4.63. The predicted octanol–water partition coefficient (Wildman–Crippen LogP) is 2.41. The summed E-state index contributed by atoms with van der Waals surface area (Å²) in [4.78, 5) is 0. The molecule has 0 bridgehead atoms. The van der Waals surface area contributed by atoms with Crippen LogP contribution < -0.4 is 0 Å². The molecule has 5 heteroatoms. The molecule has 1 radical (unpaired) electrons. The third-order valence-electron chi connectivity index (χ3n) is 0.729. The first-order valence-electron chi connectivity index (χ1n) is 2.05. The van der Waals surface area contributed by atoms with Crippen LogP contribution in [0.5, 0.6) is 0 Å². The quantitative estimate of drug-likeness (QED) is 0.499. The molecule has 9 heavy (non-hydrogen) atoms. The van der Waals surface area contributed by atoms with E-state index in [2.05, 4.69) is 6.92 Å². The number of hydrogen-bond acceptors (Lipinski definition) is 0. The summed E-state index contributed by atoms with van der Waals surface area (Å²) in [5.41, 5.74) is 0. The van der Waals surface area contributed by atoms with Gasteiger partial charge in [0.25, 0.3) is 0 Å². The summed E-state index contributed by atoms with van der Waals surface area (Å²) in [5, 5.41) is 0. The molecule has 0 N–H and O–H groups in total. The van der Waals surface area contributed by atoms with Crippen molar-refractivity contribution in [1.82, 2.24) is 0 Å². The maximum Gasteiger partial charge on any atom is 0.453 e. The van der Waals surface area contributed by atoms with E-state index in [4.69, 9.17) is 0 Å². The summed E-state index contributed by atoms with van der Waals surface area (Å²) in [6.45, 7) is 2.45. The highest BCUT2D eigenvalue weighted by molar-refractivity contribution is 4.75. The van der Waals surface area contributed by atoms with Crippen LogP contribution in [0, 0.1) is 6.92 Å². The van der Waals surface area contributed by atoms with Crippen LogP contribution in [-0.2, 0) is 0 Å². The lowest BCUT2D eigenvalue weighted by Gasteiger charge is -2.16. The third kappa shape index (κ3) is 1.80. The van der Waals surface area contributed by atoms with Gasteiger partial charge in [0.1, 0.15) is 0 Å². The Labute approximate surface area is 48.7 Å². The first kappa shape index (κ1) is 8.65. The minimum atomic E-state index is -5.45. The van der Waals surface area contributed by atoms with Crippen molar-refractivity contribution < 1.29 is 22.0 Å². The van der Waals surface area contributed by atoms with Crippen molar-refractivity contribution in [2.24, 2.45) is 0 Å². The van der Waals surface area contributed by atoms with Gasteiger partial charge in [0.2, 0.25) is 0 Å². The lowest BCUT2D eigenvalue weighted by molar-refractivity contribution is -0.280. The second kappa shape index (κ2) is 2.11. The molecule has 0 aromatic carbocycles. The Bertz CT molecular complexity index is 91.6. The van der Waals surface area contributed by atoms with Gasteiger partial charge in [-0.25, -0.2) is 0 Å². The second-order valence-corrected chi connectivity index (χ2v) is 1.45. The van der Waals surface area contributed by atoms with E-state index in [1.807, 2.05) is 0 Å². The molecule has 0 aromatic rings. The molecule has 0 rings (SSSR count). The molecular weight excluding hydrogens is 143 g/mol. The number of halogens is 5. The molecule has 0 saturated carbocycles. The van der Waals surface area contributed by atoms with Crippen molar-refractivity contribution in [3.63, 3.8) is 0 Å². The van der Waals surface area contributed by atoms with Crippen LogP contribution >= 0.6 is 0 Å². The minimum absolute atomic E-state index is 1.45. The molecule has 0 spiro atoms. The predicted molar refractivity (Wildman–Crippen MR) is 21.0 cm³/mol. The molecule has 0 aromatic heterocycles. The normalized spacial score (nSPS) is 14.0. The molecule has 55 valence electrons. The molecule has 0 aliphatic heterocycles. The maximum atomic E-state index is 11.5. The monoisotopic (exact) mass is 147 g/mol. The molecule has 0 saturated heterocycles. The average molecular weight is 147 g/mol. The van der Waals surface area contributed by atoms with Crippen molar-refractivity contribution in [2.45, 2.75) is 18.5 Å². The topological polar surface area (TPSA) is 0 Å². The van der Waals surface area contributed by atoms with Crippen LogP contribution in [0.15, 0.2) is 0 Å². The molecule has 0 amide bonds. The number of hydrogen-bond donors (Lipinski definition) is 0. The highest BCUT2D eigenvalue weighted by Gasteiger charge is 2.55. The molecule has 0 unspecified atom stereocenters. The molecule has 0 nitrogen and oxygen atoms in total. The lowest BCUT2D eigenvalue weighted by atomic mass is 10.2. The minimum Gasteiger partial charge on any atom is -0.196 e. The Kier molecular flexibility index (Phi) is 2.03. The number of rotatable bonds is 1. The zero-order valence-corrected chi connectivity index (χ0v) is 4.30. The first-order chi connectivity index (χ1) is 3.81. The zero-order chi connectivity index (χ0) is 7.71. The van der Waals surface area contributed by atoms with Crippen LogP contribution in [0.4, 0.5) is 22.0 Å². The van der Waals surface area contributed by atoms with Gasteiger partial charge >= 0.3 is 12.1 Å². The Morgan fingerprint density at radius 2 is 1.33 bits per heavy atom. The van der Waals surface area contributed by atoms with E-state index >= 15 is 0 Å². The van der Waals surface area contributed by atoms with Gasteiger partial charge < -0.3 is 0 Å². The van der Waals surface area contributed by atoms with E-state index in [-0.39, 0.29) is 0 Å². The van der Waals surface area contributed by atoms with Crippen LogP contribution in [-0.4, -0.2) is 12.1 Å². The van der Waals surface area contributed by atoms with Gasteiger partial charge in [-0.3, -0.25) is 0 Å². The molecular formula is C4H4F5. The van der Waals surface area contributed by atoms with E-state index in [9.17, 15) is 22.0 Å². The van der Waals surface area contributed by atoms with Crippen LogP contribution in [0.1, 0.15) is 6.42 Å². The molecule has 0 aliphatic carbocycles. The van der Waals surface area contributed by atoms with Gasteiger partial charge in [0.05, 0.1) is 0 Å². The summed E-state index contributed by atoms with van der Waals surface area (Å²) in [7, 11) is 0. The first-order valence-corrected chi connectivity index (χ1v) is 2.05. The summed E-state index contributed by atoms with van der Waals surface area (Å²) in [6, 6.07) is 0. The van der Waals surface area contributed by atoms with Crippen LogP contribution in [0.25, 0.3) is 0 Å². The lowest BCUT2D eigenvalue weighted by Crippen LogP contribution is -2.35. The highest BCUT2D eigenvalue weighted by Crippen LogP contribution is 2.37. The fraction of sp³-hybridized carbons (Fsp3) is 0.750. The van der Waals surface area contributed by atoms with Gasteiger partial charge in [-0.2, -0.15) is 22.0 Å². The Balaban J connectivity index is 4.14. The standard InChI is InChI=1S/C4H4F5/c1-2-3(5,6)4(7,8)9/h1-2H2. The summed E-state index contributed by atoms with van der Waals surface area (Å²) < 4.78 is 56.1. The van der Waals surface area contributed by atoms with E-state index < -0.39 is 18.5 Å². The van der Waals surface area contributed by atoms with Gasteiger partial charge in [0.15, 0.2) is 0 Å². The molecule has 0 aliphatic rings. The molecule has 0 atom stereocenters. The van der Waals surface area contributed by atoms with E-state index in [1.165, 1.54) is 0 Å². The average Bonchev–Trinajstić information content (AvgIpc) is 1.64. The van der Waals surface area contributed by atoms with Crippen molar-refractivity contribution >= 4 is 0 Å². The third-order valence-corrected chi connectivity index (χ3v) is 0.729. The molecule has 0 heterocycles. The fourth-order valence-corrected chi connectivity index (χ4v) is 0.142. The summed E-state index contributed by atoms with van der Waals surface area (Å²) in [6.07, 6.45) is -6.90. The van der Waals surface area contributed by atoms with Crippen molar-refractivity contribution in [1.29, 1.82) is 0 Å². The van der Waals surface area contributed by atoms with Crippen molar-refractivity contribution in [3.05, 3.63) is 6.92 Å². The zero-order valence-electron chi connectivity index (χ0n) is 4.30. The van der Waals surface area contributed by atoms with Crippen LogP contribution in [0.2, 0.25) is 0 Å². The second-order valence-electron chi connectivity index (χ2n) is 1.45. The van der Waals surface area contributed by atoms with Crippen molar-refractivity contribution in [2.75, 3.05) is 0 Å².